The molecule has 0 spiro atoms. The van der Waals surface area contributed by atoms with Gasteiger partial charge in [-0.1, -0.05) is 18.2 Å². The molecule has 1 aromatic carbocycles. The third-order valence-electron chi connectivity index (χ3n) is 4.29. The predicted octanol–water partition coefficient (Wildman–Crippen LogP) is 2.77. The lowest BCUT2D eigenvalue weighted by Gasteiger charge is -2.33. The van der Waals surface area contributed by atoms with Gasteiger partial charge in [0.2, 0.25) is 0 Å². The Morgan fingerprint density at radius 2 is 1.95 bits per heavy atom. The van der Waals surface area contributed by atoms with Gasteiger partial charge in [-0.05, 0) is 31.9 Å². The van der Waals surface area contributed by atoms with E-state index in [0.29, 0.717) is 6.54 Å². The van der Waals surface area contributed by atoms with E-state index in [0.717, 1.165) is 24.9 Å². The Kier molecular flexibility index (Phi) is 4.15. The number of hydrogen-bond acceptors (Lipinski definition) is 4. The van der Waals surface area contributed by atoms with Crippen LogP contribution in [0.25, 0.3) is 0 Å². The van der Waals surface area contributed by atoms with Crippen molar-refractivity contribution in [2.75, 3.05) is 11.9 Å². The maximum absolute atomic E-state index is 12.4. The Balaban J connectivity index is 1.59. The number of esters is 1. The second kappa shape index (κ2) is 6.06. The molecule has 1 fully saturated rings. The summed E-state index contributed by atoms with van der Waals surface area (Å²) in [6, 6.07) is 8.14. The number of hydrogen-bond donors (Lipinski definition) is 1. The van der Waals surface area contributed by atoms with E-state index in [1.165, 1.54) is 5.56 Å². The van der Waals surface area contributed by atoms with Crippen LogP contribution >= 0.6 is 0 Å². The molecule has 0 aliphatic carbocycles. The largest absolute Gasteiger partial charge is 0.462 e. The van der Waals surface area contributed by atoms with Gasteiger partial charge in [0.25, 0.3) is 0 Å². The highest BCUT2D eigenvalue weighted by Gasteiger charge is 2.31. The molecule has 4 nitrogen and oxygen atoms in total. The van der Waals surface area contributed by atoms with E-state index in [1.54, 1.807) is 0 Å². The van der Waals surface area contributed by atoms with E-state index < -0.39 is 0 Å². The Hall–Kier alpha value is -1.55. The molecule has 3 rings (SSSR count). The van der Waals surface area contributed by atoms with E-state index in [1.807, 2.05) is 26.0 Å². The number of ether oxygens (including phenoxy) is 2. The van der Waals surface area contributed by atoms with Gasteiger partial charge in [0.05, 0.1) is 18.1 Å². The van der Waals surface area contributed by atoms with Gasteiger partial charge >= 0.3 is 5.97 Å². The van der Waals surface area contributed by atoms with E-state index in [2.05, 4.69) is 17.4 Å². The normalized spacial score (nSPS) is 31.9. The monoisotopic (exact) mass is 289 g/mol. The summed E-state index contributed by atoms with van der Waals surface area (Å²) in [7, 11) is 0. The molecule has 0 amide bonds. The summed E-state index contributed by atoms with van der Waals surface area (Å²) in [5.74, 6) is -0.170. The lowest BCUT2D eigenvalue weighted by Crippen LogP contribution is -2.38. The standard InChI is InChI=1S/C17H23NO3/c1-11-7-15(8-12(2)20-11)21-17(19)14-9-13-5-3-4-6-16(13)18-10-14/h3-6,11-12,14-15,18H,7-10H2,1-2H3. The van der Waals surface area contributed by atoms with Gasteiger partial charge in [0.1, 0.15) is 6.10 Å². The summed E-state index contributed by atoms with van der Waals surface area (Å²) >= 11 is 0. The van der Waals surface area contributed by atoms with Gasteiger partial charge in [-0.15, -0.1) is 0 Å². The first-order chi connectivity index (χ1) is 10.1. The number of para-hydroxylation sites is 1. The maximum atomic E-state index is 12.4. The zero-order valence-corrected chi connectivity index (χ0v) is 12.7. The molecule has 4 heteroatoms. The summed E-state index contributed by atoms with van der Waals surface area (Å²) in [4.78, 5) is 12.4. The zero-order chi connectivity index (χ0) is 14.8. The van der Waals surface area contributed by atoms with Crippen LogP contribution in [0.15, 0.2) is 24.3 Å². The number of fused-ring (bicyclic) bond motifs is 1. The Morgan fingerprint density at radius 1 is 1.24 bits per heavy atom. The average molecular weight is 289 g/mol. The van der Waals surface area contributed by atoms with Crippen LogP contribution in [0.5, 0.6) is 0 Å². The third kappa shape index (κ3) is 3.38. The van der Waals surface area contributed by atoms with E-state index in [-0.39, 0.29) is 30.2 Å². The molecular formula is C17H23NO3. The molecule has 0 aromatic heterocycles. The predicted molar refractivity (Wildman–Crippen MR) is 81.2 cm³/mol. The van der Waals surface area contributed by atoms with Crippen LogP contribution in [0.2, 0.25) is 0 Å². The topological polar surface area (TPSA) is 47.6 Å². The van der Waals surface area contributed by atoms with E-state index in [4.69, 9.17) is 9.47 Å². The molecule has 0 radical (unpaired) electrons. The number of carbonyl (C=O) groups is 1. The Labute approximate surface area is 125 Å². The summed E-state index contributed by atoms with van der Waals surface area (Å²) in [6.45, 7) is 4.73. The molecule has 1 N–H and O–H groups in total. The van der Waals surface area contributed by atoms with Gasteiger partial charge in [0.15, 0.2) is 0 Å². The summed E-state index contributed by atoms with van der Waals surface area (Å²) in [5, 5.41) is 3.32. The highest BCUT2D eigenvalue weighted by molar-refractivity contribution is 5.75. The highest BCUT2D eigenvalue weighted by atomic mass is 16.6. The second-order valence-corrected chi connectivity index (χ2v) is 6.23. The molecule has 2 aliphatic rings. The van der Waals surface area contributed by atoms with Gasteiger partial charge in [0, 0.05) is 25.1 Å². The Morgan fingerprint density at radius 3 is 2.71 bits per heavy atom. The fraction of sp³-hybridized carbons (Fsp3) is 0.588. The van der Waals surface area contributed by atoms with Gasteiger partial charge in [-0.3, -0.25) is 4.79 Å². The molecule has 0 bridgehead atoms. The molecule has 2 heterocycles. The van der Waals surface area contributed by atoms with Crippen LogP contribution in [0.4, 0.5) is 5.69 Å². The van der Waals surface area contributed by atoms with Crippen molar-refractivity contribution in [3.8, 4) is 0 Å². The van der Waals surface area contributed by atoms with Gasteiger partial charge in [-0.2, -0.15) is 0 Å². The van der Waals surface area contributed by atoms with E-state index in [9.17, 15) is 4.79 Å². The fourth-order valence-corrected chi connectivity index (χ4v) is 3.31. The molecule has 114 valence electrons. The molecule has 1 saturated heterocycles. The number of rotatable bonds is 2. The van der Waals surface area contributed by atoms with Crippen LogP contribution in [0.1, 0.15) is 32.3 Å². The first-order valence-electron chi connectivity index (χ1n) is 7.79. The number of anilines is 1. The fourth-order valence-electron chi connectivity index (χ4n) is 3.31. The van der Waals surface area contributed by atoms with Crippen LogP contribution in [-0.2, 0) is 20.7 Å². The van der Waals surface area contributed by atoms with Crippen molar-refractivity contribution in [2.24, 2.45) is 5.92 Å². The van der Waals surface area contributed by atoms with Crippen molar-refractivity contribution in [1.29, 1.82) is 0 Å². The van der Waals surface area contributed by atoms with Crippen LogP contribution < -0.4 is 5.32 Å². The quantitative estimate of drug-likeness (QED) is 0.851. The molecular weight excluding hydrogens is 266 g/mol. The van der Waals surface area contributed by atoms with Crippen molar-refractivity contribution >= 4 is 11.7 Å². The van der Waals surface area contributed by atoms with Crippen molar-refractivity contribution in [1.82, 2.24) is 0 Å². The first kappa shape index (κ1) is 14.4. The van der Waals surface area contributed by atoms with Crippen molar-refractivity contribution < 1.29 is 14.3 Å². The highest BCUT2D eigenvalue weighted by Crippen LogP contribution is 2.27. The molecule has 0 saturated carbocycles. The summed E-state index contributed by atoms with van der Waals surface area (Å²) < 4.78 is 11.4. The number of benzene rings is 1. The smallest absolute Gasteiger partial charge is 0.311 e. The number of carbonyl (C=O) groups excluding carboxylic acids is 1. The van der Waals surface area contributed by atoms with Gasteiger partial charge < -0.3 is 14.8 Å². The minimum atomic E-state index is -0.0895. The van der Waals surface area contributed by atoms with E-state index >= 15 is 0 Å². The third-order valence-corrected chi connectivity index (χ3v) is 4.29. The maximum Gasteiger partial charge on any atom is 0.311 e. The zero-order valence-electron chi connectivity index (χ0n) is 12.7. The molecule has 3 unspecified atom stereocenters. The average Bonchev–Trinajstić information content (AvgIpc) is 2.45. The van der Waals surface area contributed by atoms with Crippen LogP contribution in [-0.4, -0.2) is 30.8 Å². The molecule has 2 aliphatic heterocycles. The van der Waals surface area contributed by atoms with Crippen molar-refractivity contribution in [3.63, 3.8) is 0 Å². The molecule has 1 aromatic rings. The SMILES string of the molecule is CC1CC(OC(=O)C2CNc3ccccc3C2)CC(C)O1. The first-order valence-corrected chi connectivity index (χ1v) is 7.79. The second-order valence-electron chi connectivity index (χ2n) is 6.23. The van der Waals surface area contributed by atoms with Gasteiger partial charge in [-0.25, -0.2) is 0 Å². The Bertz CT molecular complexity index is 507. The van der Waals surface area contributed by atoms with Crippen molar-refractivity contribution in [3.05, 3.63) is 29.8 Å². The molecule has 3 atom stereocenters. The molecule has 21 heavy (non-hydrogen) atoms. The summed E-state index contributed by atoms with van der Waals surface area (Å²) in [5.41, 5.74) is 2.33. The minimum Gasteiger partial charge on any atom is -0.462 e. The lowest BCUT2D eigenvalue weighted by atomic mass is 9.94. The van der Waals surface area contributed by atoms with Crippen molar-refractivity contribution in [2.45, 2.75) is 51.4 Å². The minimum absolute atomic E-state index is 0.00609. The lowest BCUT2D eigenvalue weighted by molar-refractivity contribution is -0.164. The number of nitrogens with one attached hydrogen (secondary N) is 1. The summed E-state index contributed by atoms with van der Waals surface area (Å²) in [6.07, 6.45) is 2.68. The van der Waals surface area contributed by atoms with Crippen LogP contribution in [0, 0.1) is 5.92 Å². The van der Waals surface area contributed by atoms with Crippen LogP contribution in [0.3, 0.4) is 0 Å².